The molecule has 2 heterocycles. The fourth-order valence-electron chi connectivity index (χ4n) is 2.66. The number of para-hydroxylation sites is 1. The number of aromatic nitrogens is 4. The molecule has 0 unspecified atom stereocenters. The number of hydrogen-bond donors (Lipinski definition) is 1. The predicted molar refractivity (Wildman–Crippen MR) is 113 cm³/mol. The van der Waals surface area contributed by atoms with E-state index in [4.69, 9.17) is 0 Å². The number of carbonyl (C=O) groups excluding carboxylic acids is 1. The highest BCUT2D eigenvalue weighted by Crippen LogP contribution is 2.26. The van der Waals surface area contributed by atoms with Crippen molar-refractivity contribution in [3.63, 3.8) is 0 Å². The van der Waals surface area contributed by atoms with Gasteiger partial charge in [0.25, 0.3) is 5.91 Å². The van der Waals surface area contributed by atoms with E-state index in [-0.39, 0.29) is 5.91 Å². The van der Waals surface area contributed by atoms with E-state index in [1.165, 1.54) is 11.3 Å². The minimum absolute atomic E-state index is 0.275. The zero-order valence-electron chi connectivity index (χ0n) is 15.1. The summed E-state index contributed by atoms with van der Waals surface area (Å²) in [6.07, 6.45) is 0. The van der Waals surface area contributed by atoms with Crippen LogP contribution in [0.4, 0.5) is 5.13 Å². The summed E-state index contributed by atoms with van der Waals surface area (Å²) in [5.74, 6) is 0.631. The van der Waals surface area contributed by atoms with Crippen LogP contribution in [-0.4, -0.2) is 31.6 Å². The fourth-order valence-corrected chi connectivity index (χ4v) is 4.31. The SMILES string of the molecule is CCSc1nnc(NC(=O)c2cc(-c3ccccc3)nn2-c2ccccc2)s1. The van der Waals surface area contributed by atoms with Gasteiger partial charge in [-0.15, -0.1) is 10.2 Å². The number of nitrogens with zero attached hydrogens (tertiary/aromatic N) is 4. The smallest absolute Gasteiger partial charge is 0.276 e. The highest BCUT2D eigenvalue weighted by molar-refractivity contribution is 8.01. The molecule has 1 N–H and O–H groups in total. The molecule has 1 amide bonds. The Hall–Kier alpha value is -2.97. The second-order valence-electron chi connectivity index (χ2n) is 5.79. The number of nitrogens with one attached hydrogen (secondary N) is 1. The molecular weight excluding hydrogens is 390 g/mol. The first kappa shape index (κ1) is 18.4. The Labute approximate surface area is 170 Å². The van der Waals surface area contributed by atoms with Crippen molar-refractivity contribution in [2.75, 3.05) is 11.1 Å². The highest BCUT2D eigenvalue weighted by atomic mass is 32.2. The Morgan fingerprint density at radius 2 is 1.79 bits per heavy atom. The summed E-state index contributed by atoms with van der Waals surface area (Å²) < 4.78 is 2.49. The minimum atomic E-state index is -0.275. The van der Waals surface area contributed by atoms with Crippen molar-refractivity contribution < 1.29 is 4.79 Å². The molecule has 0 aliphatic carbocycles. The van der Waals surface area contributed by atoms with E-state index in [0.29, 0.717) is 10.8 Å². The Morgan fingerprint density at radius 3 is 2.50 bits per heavy atom. The topological polar surface area (TPSA) is 72.7 Å². The third kappa shape index (κ3) is 3.97. The lowest BCUT2D eigenvalue weighted by atomic mass is 10.1. The maximum atomic E-state index is 13.0. The van der Waals surface area contributed by atoms with Crippen LogP contribution in [0.15, 0.2) is 71.1 Å². The summed E-state index contributed by atoms with van der Waals surface area (Å²) in [5, 5.41) is 16.1. The van der Waals surface area contributed by atoms with Gasteiger partial charge in [0, 0.05) is 5.56 Å². The highest BCUT2D eigenvalue weighted by Gasteiger charge is 2.19. The van der Waals surface area contributed by atoms with Gasteiger partial charge in [0.05, 0.1) is 11.4 Å². The Kier molecular flexibility index (Phi) is 5.50. The number of hydrogen-bond acceptors (Lipinski definition) is 6. The molecule has 0 bridgehead atoms. The van der Waals surface area contributed by atoms with Gasteiger partial charge >= 0.3 is 0 Å². The molecule has 6 nitrogen and oxygen atoms in total. The van der Waals surface area contributed by atoms with Gasteiger partial charge < -0.3 is 0 Å². The lowest BCUT2D eigenvalue weighted by molar-refractivity contribution is 0.101. The van der Waals surface area contributed by atoms with Crippen molar-refractivity contribution in [1.82, 2.24) is 20.0 Å². The summed E-state index contributed by atoms with van der Waals surface area (Å²) in [6.45, 7) is 2.05. The summed E-state index contributed by atoms with van der Waals surface area (Å²) in [6, 6.07) is 21.2. The number of anilines is 1. The minimum Gasteiger partial charge on any atom is -0.295 e. The number of carbonyl (C=O) groups is 1. The molecule has 28 heavy (non-hydrogen) atoms. The van der Waals surface area contributed by atoms with Crippen LogP contribution >= 0.6 is 23.1 Å². The third-order valence-corrected chi connectivity index (χ3v) is 5.76. The summed E-state index contributed by atoms with van der Waals surface area (Å²) >= 11 is 2.96. The van der Waals surface area contributed by atoms with Gasteiger partial charge in [-0.2, -0.15) is 5.10 Å². The zero-order chi connectivity index (χ0) is 19.3. The molecule has 0 aliphatic heterocycles. The lowest BCUT2D eigenvalue weighted by Crippen LogP contribution is -2.16. The van der Waals surface area contributed by atoms with Crippen molar-refractivity contribution in [2.45, 2.75) is 11.3 Å². The van der Waals surface area contributed by atoms with Crippen LogP contribution in [0, 0.1) is 0 Å². The maximum absolute atomic E-state index is 13.0. The van der Waals surface area contributed by atoms with Gasteiger partial charge in [0.2, 0.25) is 5.13 Å². The van der Waals surface area contributed by atoms with Gasteiger partial charge in [0.1, 0.15) is 5.69 Å². The molecule has 0 saturated carbocycles. The van der Waals surface area contributed by atoms with Crippen LogP contribution in [0.2, 0.25) is 0 Å². The molecular formula is C20H17N5OS2. The molecule has 0 aliphatic rings. The monoisotopic (exact) mass is 407 g/mol. The molecule has 8 heteroatoms. The average molecular weight is 408 g/mol. The van der Waals surface area contributed by atoms with Crippen LogP contribution in [-0.2, 0) is 0 Å². The molecule has 4 rings (SSSR count). The molecule has 0 atom stereocenters. The van der Waals surface area contributed by atoms with Crippen LogP contribution in [0.1, 0.15) is 17.4 Å². The second-order valence-corrected chi connectivity index (χ2v) is 8.28. The van der Waals surface area contributed by atoms with Gasteiger partial charge in [-0.3, -0.25) is 10.1 Å². The van der Waals surface area contributed by atoms with Gasteiger partial charge in [-0.25, -0.2) is 4.68 Å². The quantitative estimate of drug-likeness (QED) is 0.369. The first-order valence-electron chi connectivity index (χ1n) is 8.73. The number of amides is 1. The molecule has 2 aromatic carbocycles. The molecule has 0 fully saturated rings. The summed E-state index contributed by atoms with van der Waals surface area (Å²) in [4.78, 5) is 13.0. The van der Waals surface area contributed by atoms with E-state index in [2.05, 4.69) is 20.6 Å². The normalized spacial score (nSPS) is 10.8. The van der Waals surface area contributed by atoms with E-state index in [0.717, 1.165) is 27.0 Å². The first-order valence-corrected chi connectivity index (χ1v) is 10.5. The van der Waals surface area contributed by atoms with E-state index in [1.807, 2.05) is 67.6 Å². The van der Waals surface area contributed by atoms with Crippen LogP contribution in [0.25, 0.3) is 16.9 Å². The zero-order valence-corrected chi connectivity index (χ0v) is 16.7. The van der Waals surface area contributed by atoms with Crippen LogP contribution < -0.4 is 5.32 Å². The molecule has 0 radical (unpaired) electrons. The van der Waals surface area contributed by atoms with E-state index < -0.39 is 0 Å². The molecule has 4 aromatic rings. The average Bonchev–Trinajstić information content (AvgIpc) is 3.37. The van der Waals surface area contributed by atoms with E-state index >= 15 is 0 Å². The molecule has 140 valence electrons. The molecule has 0 saturated heterocycles. The lowest BCUT2D eigenvalue weighted by Gasteiger charge is -2.06. The Balaban J connectivity index is 1.69. The van der Waals surface area contributed by atoms with Crippen molar-refractivity contribution in [3.05, 3.63) is 72.4 Å². The van der Waals surface area contributed by atoms with Gasteiger partial charge in [0.15, 0.2) is 4.34 Å². The van der Waals surface area contributed by atoms with Crippen LogP contribution in [0.3, 0.4) is 0 Å². The Morgan fingerprint density at radius 1 is 1.07 bits per heavy atom. The summed E-state index contributed by atoms with van der Waals surface area (Å²) in [5.41, 5.74) is 2.93. The standard InChI is InChI=1S/C20H17N5OS2/c1-2-27-20-23-22-19(28-20)21-18(26)17-13-16(14-9-5-3-6-10-14)24-25(17)15-11-7-4-8-12-15/h3-13H,2H2,1H3,(H,21,22,26). The van der Waals surface area contributed by atoms with Crippen molar-refractivity contribution in [3.8, 4) is 16.9 Å². The van der Waals surface area contributed by atoms with Gasteiger partial charge in [-0.05, 0) is 24.0 Å². The Bertz CT molecular complexity index is 1080. The van der Waals surface area contributed by atoms with Gasteiger partial charge in [-0.1, -0.05) is 78.6 Å². The van der Waals surface area contributed by atoms with E-state index in [9.17, 15) is 4.79 Å². The maximum Gasteiger partial charge on any atom is 0.276 e. The second kappa shape index (κ2) is 8.37. The van der Waals surface area contributed by atoms with Crippen molar-refractivity contribution in [2.24, 2.45) is 0 Å². The largest absolute Gasteiger partial charge is 0.295 e. The number of rotatable bonds is 6. The summed E-state index contributed by atoms with van der Waals surface area (Å²) in [7, 11) is 0. The van der Waals surface area contributed by atoms with Crippen molar-refractivity contribution >= 4 is 34.1 Å². The van der Waals surface area contributed by atoms with E-state index in [1.54, 1.807) is 22.5 Å². The number of benzene rings is 2. The number of thioether (sulfide) groups is 1. The fraction of sp³-hybridized carbons (Fsp3) is 0.100. The molecule has 2 aromatic heterocycles. The van der Waals surface area contributed by atoms with Crippen LogP contribution in [0.5, 0.6) is 0 Å². The predicted octanol–water partition coefficient (Wildman–Crippen LogP) is 4.76. The molecule has 0 spiro atoms. The third-order valence-electron chi connectivity index (χ3n) is 3.91. The first-order chi connectivity index (χ1) is 13.7. The van der Waals surface area contributed by atoms with Crippen molar-refractivity contribution in [1.29, 1.82) is 0 Å².